The topological polar surface area (TPSA) is 52.6 Å². The van der Waals surface area contributed by atoms with Crippen molar-refractivity contribution in [3.05, 3.63) is 24.3 Å². The third kappa shape index (κ3) is 10.8. The minimum absolute atomic E-state index is 0.306. The van der Waals surface area contributed by atoms with Crippen LogP contribution in [0.1, 0.15) is 13.8 Å². The third-order valence-corrected chi connectivity index (χ3v) is 8.96. The Hall–Kier alpha value is -0.180. The third-order valence-electron chi connectivity index (χ3n) is 3.22. The van der Waals surface area contributed by atoms with Crippen molar-refractivity contribution in [2.75, 3.05) is 47.7 Å². The van der Waals surface area contributed by atoms with Crippen LogP contribution in [0, 0.1) is 0 Å². The molecule has 1 rings (SSSR count). The highest BCUT2D eigenvalue weighted by molar-refractivity contribution is 8.09. The van der Waals surface area contributed by atoms with Gasteiger partial charge in [-0.25, -0.2) is 9.59 Å². The van der Waals surface area contributed by atoms with Gasteiger partial charge in [0.15, 0.2) is 0 Å². The van der Waals surface area contributed by atoms with Crippen molar-refractivity contribution in [1.29, 1.82) is 0 Å². The Morgan fingerprint density at radius 2 is 1.35 bits per heavy atom. The maximum atomic E-state index is 11.3. The van der Waals surface area contributed by atoms with Gasteiger partial charge >= 0.3 is 11.9 Å². The van der Waals surface area contributed by atoms with E-state index in [2.05, 4.69) is 24.9 Å². The van der Waals surface area contributed by atoms with Crippen LogP contribution >= 0.6 is 47.0 Å². The van der Waals surface area contributed by atoms with Crippen LogP contribution in [0.2, 0.25) is 0 Å². The summed E-state index contributed by atoms with van der Waals surface area (Å²) in [6, 6.07) is 0. The highest BCUT2D eigenvalue weighted by Gasteiger charge is 2.22. The van der Waals surface area contributed by atoms with Crippen molar-refractivity contribution < 1.29 is 19.1 Å². The molecule has 0 saturated carbocycles. The van der Waals surface area contributed by atoms with Crippen LogP contribution in [0.3, 0.4) is 0 Å². The zero-order valence-corrected chi connectivity index (χ0v) is 18.8. The summed E-state index contributed by atoms with van der Waals surface area (Å²) in [4.78, 5) is 22.6. The molecule has 0 amide bonds. The Morgan fingerprint density at radius 1 is 0.923 bits per heavy atom. The lowest BCUT2D eigenvalue weighted by atomic mass is 10.4. The summed E-state index contributed by atoms with van der Waals surface area (Å²) in [5.74, 6) is 5.57. The van der Waals surface area contributed by atoms with Gasteiger partial charge < -0.3 is 9.47 Å². The number of hydrogen-bond donors (Lipinski definition) is 0. The average molecular weight is 437 g/mol. The van der Waals surface area contributed by atoms with Gasteiger partial charge in [0, 0.05) is 56.2 Å². The van der Waals surface area contributed by atoms with Crippen molar-refractivity contribution in [3.63, 3.8) is 0 Å². The van der Waals surface area contributed by atoms with E-state index < -0.39 is 0 Å². The summed E-state index contributed by atoms with van der Waals surface area (Å²) < 4.78 is 10.2. The fourth-order valence-corrected chi connectivity index (χ4v) is 7.57. The molecule has 0 spiro atoms. The molecule has 1 saturated heterocycles. The standard InChI is InChI=1S/C18H28O4S4/c1-13(2)17(19)21-5-7-23-9-15-11-25-12-16(26-15)10-24-8-6-22-18(20)14(3)4/h15-16H,1,3,5-12H2,2,4H3. The molecule has 0 aromatic rings. The minimum atomic E-state index is -0.306. The number of ether oxygens (including phenoxy) is 2. The fourth-order valence-electron chi connectivity index (χ4n) is 1.92. The Morgan fingerprint density at radius 3 is 1.73 bits per heavy atom. The van der Waals surface area contributed by atoms with E-state index in [0.29, 0.717) is 34.9 Å². The first-order valence-corrected chi connectivity index (χ1v) is 12.8. The monoisotopic (exact) mass is 436 g/mol. The summed E-state index contributed by atoms with van der Waals surface area (Å²) in [5, 5.41) is 1.28. The van der Waals surface area contributed by atoms with Gasteiger partial charge in [-0.05, 0) is 13.8 Å². The second-order valence-corrected chi connectivity index (χ2v) is 10.9. The first kappa shape index (κ1) is 23.9. The molecule has 148 valence electrons. The molecule has 0 aromatic heterocycles. The number of esters is 2. The summed E-state index contributed by atoms with van der Waals surface area (Å²) in [6.45, 7) is 11.4. The van der Waals surface area contributed by atoms with Crippen LogP contribution in [0.5, 0.6) is 0 Å². The van der Waals surface area contributed by atoms with Gasteiger partial charge in [-0.3, -0.25) is 0 Å². The van der Waals surface area contributed by atoms with Crippen LogP contribution in [0.15, 0.2) is 24.3 Å². The smallest absolute Gasteiger partial charge is 0.333 e. The summed E-state index contributed by atoms with van der Waals surface area (Å²) in [7, 11) is 0. The highest BCUT2D eigenvalue weighted by atomic mass is 32.2. The zero-order chi connectivity index (χ0) is 19.4. The fraction of sp³-hybridized carbons (Fsp3) is 0.667. The molecule has 4 nitrogen and oxygen atoms in total. The van der Waals surface area contributed by atoms with Gasteiger partial charge in [0.25, 0.3) is 0 Å². The van der Waals surface area contributed by atoms with E-state index in [1.807, 2.05) is 35.3 Å². The van der Waals surface area contributed by atoms with Gasteiger partial charge in [-0.2, -0.15) is 47.0 Å². The molecule has 2 atom stereocenters. The Balaban J connectivity index is 2.07. The summed E-state index contributed by atoms with van der Waals surface area (Å²) >= 11 is 7.76. The SMILES string of the molecule is C=C(C)C(=O)OCCSCC1CSCC(CSCCOC(=O)C(=C)C)S1. The second kappa shape index (κ2) is 13.9. The molecule has 0 aromatic carbocycles. The van der Waals surface area contributed by atoms with Crippen molar-refractivity contribution in [2.24, 2.45) is 0 Å². The molecular formula is C18H28O4S4. The van der Waals surface area contributed by atoms with Crippen LogP contribution in [0.25, 0.3) is 0 Å². The molecule has 0 bridgehead atoms. The summed E-state index contributed by atoms with van der Waals surface area (Å²) in [6.07, 6.45) is 0. The summed E-state index contributed by atoms with van der Waals surface area (Å²) in [5.41, 5.74) is 0.896. The number of rotatable bonds is 12. The number of carbonyl (C=O) groups excluding carboxylic acids is 2. The van der Waals surface area contributed by atoms with Crippen molar-refractivity contribution in [3.8, 4) is 0 Å². The molecular weight excluding hydrogens is 408 g/mol. The van der Waals surface area contributed by atoms with Crippen molar-refractivity contribution >= 4 is 59.0 Å². The molecule has 1 aliphatic rings. The molecule has 1 fully saturated rings. The Bertz CT molecular complexity index is 454. The number of carbonyl (C=O) groups is 2. The van der Waals surface area contributed by atoms with Gasteiger partial charge in [-0.1, -0.05) is 13.2 Å². The van der Waals surface area contributed by atoms with Crippen molar-refractivity contribution in [2.45, 2.75) is 24.3 Å². The van der Waals surface area contributed by atoms with E-state index in [0.717, 1.165) is 23.0 Å². The van der Waals surface area contributed by atoms with E-state index in [1.54, 1.807) is 13.8 Å². The van der Waals surface area contributed by atoms with E-state index in [1.165, 1.54) is 11.5 Å². The zero-order valence-electron chi connectivity index (χ0n) is 15.5. The average Bonchev–Trinajstić information content (AvgIpc) is 2.61. The van der Waals surface area contributed by atoms with E-state index >= 15 is 0 Å². The van der Waals surface area contributed by atoms with Gasteiger partial charge in [0.1, 0.15) is 13.2 Å². The maximum Gasteiger partial charge on any atom is 0.333 e. The molecule has 2 unspecified atom stereocenters. The quantitative estimate of drug-likeness (QED) is 0.259. The van der Waals surface area contributed by atoms with E-state index in [4.69, 9.17) is 9.47 Å². The molecule has 26 heavy (non-hydrogen) atoms. The normalized spacial score (nSPS) is 19.6. The minimum Gasteiger partial charge on any atom is -0.461 e. The molecule has 1 heterocycles. The van der Waals surface area contributed by atoms with Crippen LogP contribution in [-0.2, 0) is 19.1 Å². The van der Waals surface area contributed by atoms with Crippen molar-refractivity contribution in [1.82, 2.24) is 0 Å². The predicted molar refractivity (Wildman–Crippen MR) is 119 cm³/mol. The maximum absolute atomic E-state index is 11.3. The van der Waals surface area contributed by atoms with Gasteiger partial charge in [0.2, 0.25) is 0 Å². The lowest BCUT2D eigenvalue weighted by Gasteiger charge is -2.28. The van der Waals surface area contributed by atoms with Crippen LogP contribution in [-0.4, -0.2) is 70.2 Å². The molecule has 0 N–H and O–H groups in total. The molecule has 0 radical (unpaired) electrons. The lowest BCUT2D eigenvalue weighted by molar-refractivity contribution is -0.139. The lowest BCUT2D eigenvalue weighted by Crippen LogP contribution is -2.26. The molecule has 0 aliphatic carbocycles. The largest absolute Gasteiger partial charge is 0.461 e. The number of hydrogen-bond acceptors (Lipinski definition) is 8. The first-order valence-electron chi connectivity index (χ1n) is 8.44. The second-order valence-electron chi connectivity index (χ2n) is 5.90. The highest BCUT2D eigenvalue weighted by Crippen LogP contribution is 2.34. The van der Waals surface area contributed by atoms with Crippen LogP contribution in [0.4, 0.5) is 0 Å². The van der Waals surface area contributed by atoms with E-state index in [-0.39, 0.29) is 11.9 Å². The number of thioether (sulfide) groups is 4. The van der Waals surface area contributed by atoms with Crippen LogP contribution < -0.4 is 0 Å². The molecule has 8 heteroatoms. The predicted octanol–water partition coefficient (Wildman–Crippen LogP) is 3.91. The van der Waals surface area contributed by atoms with Gasteiger partial charge in [0.05, 0.1) is 0 Å². The first-order chi connectivity index (χ1) is 12.4. The Kier molecular flexibility index (Phi) is 12.8. The van der Waals surface area contributed by atoms with E-state index in [9.17, 15) is 9.59 Å². The van der Waals surface area contributed by atoms with Gasteiger partial charge in [-0.15, -0.1) is 0 Å². The Labute approximate surface area is 174 Å². The molecule has 1 aliphatic heterocycles.